The second-order valence-corrected chi connectivity index (χ2v) is 5.87. The summed E-state index contributed by atoms with van der Waals surface area (Å²) in [6.07, 6.45) is 1.16. The van der Waals surface area contributed by atoms with Crippen LogP contribution in [0, 0.1) is 5.92 Å². The Labute approximate surface area is 140 Å². The molecular formula is C17H21N5O2. The predicted molar refractivity (Wildman–Crippen MR) is 92.6 cm³/mol. The molecule has 0 aliphatic carbocycles. The fourth-order valence-corrected chi connectivity index (χ4v) is 2.97. The molecule has 126 valence electrons. The molecule has 0 spiro atoms. The monoisotopic (exact) mass is 327 g/mol. The van der Waals surface area contributed by atoms with Crippen molar-refractivity contribution in [1.29, 1.82) is 0 Å². The van der Waals surface area contributed by atoms with E-state index in [1.54, 1.807) is 0 Å². The highest BCUT2D eigenvalue weighted by atomic mass is 16.3. The van der Waals surface area contributed by atoms with E-state index in [0.717, 1.165) is 11.4 Å². The van der Waals surface area contributed by atoms with Crippen LogP contribution in [0.3, 0.4) is 0 Å². The second-order valence-electron chi connectivity index (χ2n) is 5.87. The number of benzene rings is 1. The van der Waals surface area contributed by atoms with Crippen molar-refractivity contribution in [3.63, 3.8) is 0 Å². The maximum absolute atomic E-state index is 12.3. The van der Waals surface area contributed by atoms with Gasteiger partial charge in [-0.2, -0.15) is 4.98 Å². The third-order valence-electron chi connectivity index (χ3n) is 3.99. The van der Waals surface area contributed by atoms with Gasteiger partial charge < -0.3 is 21.1 Å². The van der Waals surface area contributed by atoms with E-state index in [2.05, 4.69) is 15.3 Å². The Morgan fingerprint density at radius 2 is 2.08 bits per heavy atom. The zero-order valence-electron chi connectivity index (χ0n) is 13.4. The lowest BCUT2D eigenvalue weighted by Gasteiger charge is -2.16. The number of aromatic nitrogens is 2. The van der Waals surface area contributed by atoms with Crippen LogP contribution in [-0.4, -0.2) is 40.7 Å². The van der Waals surface area contributed by atoms with E-state index in [4.69, 9.17) is 10.8 Å². The van der Waals surface area contributed by atoms with Crippen molar-refractivity contribution in [2.45, 2.75) is 12.8 Å². The highest BCUT2D eigenvalue weighted by Gasteiger charge is 2.30. The Balaban J connectivity index is 1.69. The van der Waals surface area contributed by atoms with Crippen LogP contribution < -0.4 is 16.0 Å². The van der Waals surface area contributed by atoms with Gasteiger partial charge in [0.1, 0.15) is 5.82 Å². The number of anilines is 3. The molecule has 7 nitrogen and oxygen atoms in total. The minimum atomic E-state index is 0.0163. The summed E-state index contributed by atoms with van der Waals surface area (Å²) in [6.45, 7) is 1.09. The van der Waals surface area contributed by atoms with Crippen molar-refractivity contribution in [3.05, 3.63) is 42.1 Å². The number of hydrogen-bond acceptors (Lipinski definition) is 6. The van der Waals surface area contributed by atoms with Crippen LogP contribution in [0.1, 0.15) is 12.1 Å². The van der Waals surface area contributed by atoms with E-state index >= 15 is 0 Å². The minimum Gasteiger partial charge on any atom is -0.395 e. The SMILES string of the molecule is Nc1nc(CC2CC(=O)N(c3ccccc3)C2)cc(NCCO)n1. The Bertz CT molecular complexity index is 707. The van der Waals surface area contributed by atoms with Crippen LogP contribution in [0.2, 0.25) is 0 Å². The zero-order chi connectivity index (χ0) is 16.9. The first-order chi connectivity index (χ1) is 11.7. The summed E-state index contributed by atoms with van der Waals surface area (Å²) in [4.78, 5) is 22.5. The molecule has 1 fully saturated rings. The molecule has 2 heterocycles. The van der Waals surface area contributed by atoms with E-state index in [-0.39, 0.29) is 24.4 Å². The second kappa shape index (κ2) is 7.27. The summed E-state index contributed by atoms with van der Waals surface area (Å²) in [5, 5.41) is 11.9. The number of rotatable bonds is 6. The number of nitrogens with two attached hydrogens (primary N) is 1. The number of nitrogen functional groups attached to an aromatic ring is 1. The quantitative estimate of drug-likeness (QED) is 0.733. The van der Waals surface area contributed by atoms with Crippen LogP contribution in [0.5, 0.6) is 0 Å². The molecule has 0 saturated carbocycles. The summed E-state index contributed by atoms with van der Waals surface area (Å²) in [6, 6.07) is 11.5. The maximum atomic E-state index is 12.3. The van der Waals surface area contributed by atoms with Crippen LogP contribution in [0.25, 0.3) is 0 Å². The average molecular weight is 327 g/mol. The largest absolute Gasteiger partial charge is 0.395 e. The molecule has 4 N–H and O–H groups in total. The van der Waals surface area contributed by atoms with Crippen LogP contribution in [0.4, 0.5) is 17.5 Å². The van der Waals surface area contributed by atoms with Gasteiger partial charge in [-0.05, 0) is 24.5 Å². The number of nitrogens with zero attached hydrogens (tertiary/aromatic N) is 3. The Kier molecular flexibility index (Phi) is 4.90. The van der Waals surface area contributed by atoms with Gasteiger partial charge in [0.15, 0.2) is 0 Å². The Hall–Kier alpha value is -2.67. The highest BCUT2D eigenvalue weighted by molar-refractivity contribution is 5.95. The molecule has 2 aromatic rings. The first-order valence-electron chi connectivity index (χ1n) is 7.99. The van der Waals surface area contributed by atoms with Crippen molar-refractivity contribution in [2.24, 2.45) is 5.92 Å². The molecule has 0 radical (unpaired) electrons. The minimum absolute atomic E-state index is 0.0163. The lowest BCUT2D eigenvalue weighted by Crippen LogP contribution is -2.24. The number of carbonyl (C=O) groups is 1. The van der Waals surface area contributed by atoms with Crippen molar-refractivity contribution in [1.82, 2.24) is 9.97 Å². The summed E-state index contributed by atoms with van der Waals surface area (Å²) in [5.74, 6) is 1.11. The molecule has 0 bridgehead atoms. The lowest BCUT2D eigenvalue weighted by atomic mass is 10.0. The van der Waals surface area contributed by atoms with Gasteiger partial charge in [-0.15, -0.1) is 0 Å². The molecule has 1 saturated heterocycles. The van der Waals surface area contributed by atoms with E-state index < -0.39 is 0 Å². The first kappa shape index (κ1) is 16.2. The van der Waals surface area contributed by atoms with Crippen molar-refractivity contribution >= 4 is 23.4 Å². The topological polar surface area (TPSA) is 104 Å². The molecule has 24 heavy (non-hydrogen) atoms. The van der Waals surface area contributed by atoms with Crippen LogP contribution >= 0.6 is 0 Å². The third kappa shape index (κ3) is 3.80. The maximum Gasteiger partial charge on any atom is 0.227 e. The smallest absolute Gasteiger partial charge is 0.227 e. The summed E-state index contributed by atoms with van der Waals surface area (Å²) >= 11 is 0. The van der Waals surface area contributed by atoms with Gasteiger partial charge in [-0.1, -0.05) is 18.2 Å². The predicted octanol–water partition coefficient (Wildman–Crippen LogP) is 1.06. The van der Waals surface area contributed by atoms with E-state index in [0.29, 0.717) is 31.7 Å². The summed E-state index contributed by atoms with van der Waals surface area (Å²) in [5.41, 5.74) is 7.48. The van der Waals surface area contributed by atoms with Crippen molar-refractivity contribution in [3.8, 4) is 0 Å². The first-order valence-corrected chi connectivity index (χ1v) is 7.99. The van der Waals surface area contributed by atoms with Crippen LogP contribution in [0.15, 0.2) is 36.4 Å². The number of aliphatic hydroxyl groups is 1. The fraction of sp³-hybridized carbons (Fsp3) is 0.353. The van der Waals surface area contributed by atoms with Gasteiger partial charge in [0.25, 0.3) is 0 Å². The molecule has 1 aromatic carbocycles. The van der Waals surface area contributed by atoms with Crippen molar-refractivity contribution < 1.29 is 9.90 Å². The Morgan fingerprint density at radius 3 is 2.83 bits per heavy atom. The molecular weight excluding hydrogens is 306 g/mol. The summed E-state index contributed by atoms with van der Waals surface area (Å²) in [7, 11) is 0. The van der Waals surface area contributed by atoms with E-state index in [1.807, 2.05) is 41.3 Å². The van der Waals surface area contributed by atoms with Crippen molar-refractivity contribution in [2.75, 3.05) is 35.6 Å². The van der Waals surface area contributed by atoms with E-state index in [1.165, 1.54) is 0 Å². The average Bonchev–Trinajstić information content (AvgIpc) is 2.93. The number of aliphatic hydroxyl groups excluding tert-OH is 1. The molecule has 1 amide bonds. The van der Waals surface area contributed by atoms with Crippen LogP contribution in [-0.2, 0) is 11.2 Å². The van der Waals surface area contributed by atoms with Gasteiger partial charge in [0.2, 0.25) is 11.9 Å². The number of nitrogens with one attached hydrogen (secondary N) is 1. The number of carbonyl (C=O) groups excluding carboxylic acids is 1. The summed E-state index contributed by atoms with van der Waals surface area (Å²) < 4.78 is 0. The van der Waals surface area contributed by atoms with Gasteiger partial charge in [0, 0.05) is 37.0 Å². The molecule has 1 aromatic heterocycles. The molecule has 7 heteroatoms. The third-order valence-corrected chi connectivity index (χ3v) is 3.99. The Morgan fingerprint density at radius 1 is 1.29 bits per heavy atom. The standard InChI is InChI=1S/C17H21N5O2/c18-17-20-13(10-15(21-17)19-6-7-23)8-12-9-16(24)22(11-12)14-4-2-1-3-5-14/h1-5,10,12,23H,6-9,11H2,(H3,18,19,20,21). The number of amides is 1. The van der Waals surface area contributed by atoms with Gasteiger partial charge in [-0.25, -0.2) is 4.98 Å². The number of para-hydroxylation sites is 1. The highest BCUT2D eigenvalue weighted by Crippen LogP contribution is 2.27. The van der Waals surface area contributed by atoms with Gasteiger partial charge >= 0.3 is 0 Å². The molecule has 1 unspecified atom stereocenters. The fourth-order valence-electron chi connectivity index (χ4n) is 2.97. The normalized spacial score (nSPS) is 17.3. The molecule has 1 aliphatic rings. The lowest BCUT2D eigenvalue weighted by molar-refractivity contribution is -0.117. The molecule has 1 aliphatic heterocycles. The molecule has 3 rings (SSSR count). The van der Waals surface area contributed by atoms with E-state index in [9.17, 15) is 4.79 Å². The van der Waals surface area contributed by atoms with Gasteiger partial charge in [-0.3, -0.25) is 4.79 Å². The zero-order valence-corrected chi connectivity index (χ0v) is 13.4. The number of hydrogen-bond donors (Lipinski definition) is 3. The van der Waals surface area contributed by atoms with Gasteiger partial charge in [0.05, 0.1) is 6.61 Å². The molecule has 1 atom stereocenters.